The number of methoxy groups -OCH3 is 1. The Hall–Kier alpha value is -3.49. The molecule has 4 rings (SSSR count). The van der Waals surface area contributed by atoms with Gasteiger partial charge in [0, 0.05) is 0 Å². The fraction of sp³-hybridized carbons (Fsp3) is 0.130. The van der Waals surface area contributed by atoms with E-state index in [0.29, 0.717) is 27.2 Å². The van der Waals surface area contributed by atoms with Crippen molar-refractivity contribution in [1.29, 1.82) is 0 Å². The maximum atomic E-state index is 13.1. The number of amides is 1. The Morgan fingerprint density at radius 1 is 1.19 bits per heavy atom. The normalized spacial score (nSPS) is 10.8. The van der Waals surface area contributed by atoms with Crippen molar-refractivity contribution in [3.8, 4) is 0 Å². The molecule has 0 spiro atoms. The molecule has 0 atom stereocenters. The number of aromatic nitrogens is 2. The Kier molecular flexibility index (Phi) is 6.07. The van der Waals surface area contributed by atoms with E-state index in [1.54, 1.807) is 6.92 Å². The smallest absolute Gasteiger partial charge is 0.337 e. The molecule has 0 aliphatic carbocycles. The minimum Gasteiger partial charge on any atom is -0.465 e. The maximum Gasteiger partial charge on any atom is 0.337 e. The lowest BCUT2D eigenvalue weighted by Gasteiger charge is -2.08. The summed E-state index contributed by atoms with van der Waals surface area (Å²) in [4.78, 5) is 43.1. The van der Waals surface area contributed by atoms with Crippen molar-refractivity contribution in [2.45, 2.75) is 13.5 Å². The number of hydrogen-bond donors (Lipinski definition) is 1. The predicted molar refractivity (Wildman–Crippen MR) is 125 cm³/mol. The van der Waals surface area contributed by atoms with E-state index in [4.69, 9.17) is 16.3 Å². The van der Waals surface area contributed by atoms with E-state index in [1.807, 2.05) is 30.3 Å². The second-order valence-electron chi connectivity index (χ2n) is 7.04. The molecule has 7 nitrogen and oxygen atoms in total. The molecule has 0 saturated carbocycles. The lowest BCUT2D eigenvalue weighted by Crippen LogP contribution is -2.21. The van der Waals surface area contributed by atoms with Crippen LogP contribution >= 0.6 is 22.9 Å². The zero-order valence-electron chi connectivity index (χ0n) is 17.2. The molecule has 0 aliphatic rings. The SMILES string of the molecule is COC(=O)c1ccc(Cl)c(NC(=O)c2sc3ncn(Cc4ccccc4)c(=O)c3c2C)c1. The highest BCUT2D eigenvalue weighted by molar-refractivity contribution is 7.20. The first-order valence-corrected chi connectivity index (χ1v) is 10.8. The molecule has 9 heteroatoms. The molecule has 4 aromatic rings. The Balaban J connectivity index is 1.67. The van der Waals surface area contributed by atoms with Gasteiger partial charge in [0.15, 0.2) is 0 Å². The lowest BCUT2D eigenvalue weighted by atomic mass is 10.1. The van der Waals surface area contributed by atoms with Crippen molar-refractivity contribution in [2.24, 2.45) is 0 Å². The van der Waals surface area contributed by atoms with Crippen molar-refractivity contribution in [3.05, 3.63) is 91.8 Å². The molecule has 0 radical (unpaired) electrons. The van der Waals surface area contributed by atoms with Gasteiger partial charge < -0.3 is 10.1 Å². The molecule has 2 heterocycles. The predicted octanol–water partition coefficient (Wildman–Crippen LogP) is 4.51. The molecular formula is C23H18ClN3O4S. The number of benzene rings is 2. The Morgan fingerprint density at radius 3 is 2.66 bits per heavy atom. The molecule has 162 valence electrons. The number of aryl methyl sites for hydroxylation is 1. The minimum atomic E-state index is -0.543. The van der Waals surface area contributed by atoms with Gasteiger partial charge in [0.05, 0.1) is 46.5 Å². The average Bonchev–Trinajstić information content (AvgIpc) is 3.14. The monoisotopic (exact) mass is 467 g/mol. The lowest BCUT2D eigenvalue weighted by molar-refractivity contribution is 0.0600. The second kappa shape index (κ2) is 8.94. The van der Waals surface area contributed by atoms with Crippen LogP contribution in [-0.4, -0.2) is 28.5 Å². The van der Waals surface area contributed by atoms with Crippen LogP contribution in [0.4, 0.5) is 5.69 Å². The van der Waals surface area contributed by atoms with Gasteiger partial charge in [-0.1, -0.05) is 41.9 Å². The van der Waals surface area contributed by atoms with Gasteiger partial charge in [-0.15, -0.1) is 11.3 Å². The number of nitrogens with one attached hydrogen (secondary N) is 1. The van der Waals surface area contributed by atoms with Gasteiger partial charge in [0.25, 0.3) is 11.5 Å². The van der Waals surface area contributed by atoms with Gasteiger partial charge in [0.1, 0.15) is 4.83 Å². The molecule has 0 fully saturated rings. The van der Waals surface area contributed by atoms with Crippen LogP contribution in [0.1, 0.15) is 31.2 Å². The van der Waals surface area contributed by atoms with Crippen molar-refractivity contribution < 1.29 is 14.3 Å². The van der Waals surface area contributed by atoms with Crippen LogP contribution in [0.5, 0.6) is 0 Å². The molecule has 1 N–H and O–H groups in total. The zero-order valence-corrected chi connectivity index (χ0v) is 18.8. The number of halogens is 1. The summed E-state index contributed by atoms with van der Waals surface area (Å²) in [6.07, 6.45) is 1.49. The number of rotatable bonds is 5. The van der Waals surface area contributed by atoms with E-state index < -0.39 is 11.9 Å². The molecule has 0 aliphatic heterocycles. The van der Waals surface area contributed by atoms with E-state index in [0.717, 1.165) is 16.9 Å². The van der Waals surface area contributed by atoms with Gasteiger partial charge in [-0.05, 0) is 36.2 Å². The first-order chi connectivity index (χ1) is 15.4. The number of hydrogen-bond acceptors (Lipinski definition) is 6. The quantitative estimate of drug-likeness (QED) is 0.436. The molecule has 0 saturated heterocycles. The molecular weight excluding hydrogens is 450 g/mol. The molecule has 2 aromatic carbocycles. The Morgan fingerprint density at radius 2 is 1.94 bits per heavy atom. The fourth-order valence-corrected chi connectivity index (χ4v) is 4.51. The van der Waals surface area contributed by atoms with Crippen molar-refractivity contribution in [2.75, 3.05) is 12.4 Å². The third-order valence-electron chi connectivity index (χ3n) is 4.95. The summed E-state index contributed by atoms with van der Waals surface area (Å²) in [7, 11) is 1.27. The standard InChI is InChI=1S/C23H18ClN3O4S/c1-13-18-21(25-12-27(22(18)29)11-14-6-4-3-5-7-14)32-19(13)20(28)26-17-10-15(23(30)31-2)8-9-16(17)24/h3-10,12H,11H2,1-2H3,(H,26,28). The number of carbonyl (C=O) groups excluding carboxylic acids is 2. The topological polar surface area (TPSA) is 90.3 Å². The van der Waals surface area contributed by atoms with Gasteiger partial charge in [-0.2, -0.15) is 0 Å². The molecule has 2 aromatic heterocycles. The highest BCUT2D eigenvalue weighted by atomic mass is 35.5. The summed E-state index contributed by atoms with van der Waals surface area (Å²) in [5.41, 5.74) is 1.83. The zero-order chi connectivity index (χ0) is 22.8. The van der Waals surface area contributed by atoms with Crippen LogP contribution in [-0.2, 0) is 11.3 Å². The van der Waals surface area contributed by atoms with Gasteiger partial charge in [-0.25, -0.2) is 9.78 Å². The van der Waals surface area contributed by atoms with E-state index in [-0.39, 0.29) is 21.8 Å². The summed E-state index contributed by atoms with van der Waals surface area (Å²) in [6, 6.07) is 14.0. The van der Waals surface area contributed by atoms with Crippen LogP contribution in [0.2, 0.25) is 5.02 Å². The van der Waals surface area contributed by atoms with Gasteiger partial charge in [-0.3, -0.25) is 14.2 Å². The fourth-order valence-electron chi connectivity index (χ4n) is 3.31. The number of nitrogens with zero attached hydrogens (tertiary/aromatic N) is 2. The van der Waals surface area contributed by atoms with Gasteiger partial charge in [0.2, 0.25) is 0 Å². The summed E-state index contributed by atoms with van der Waals surface area (Å²) < 4.78 is 6.23. The molecule has 1 amide bonds. The van der Waals surface area contributed by atoms with Crippen LogP contribution < -0.4 is 10.9 Å². The average molecular weight is 468 g/mol. The summed E-state index contributed by atoms with van der Waals surface area (Å²) >= 11 is 7.32. The number of carbonyl (C=O) groups is 2. The van der Waals surface area contributed by atoms with Crippen molar-refractivity contribution in [1.82, 2.24) is 9.55 Å². The summed E-state index contributed by atoms with van der Waals surface area (Å²) in [5.74, 6) is -0.984. The van der Waals surface area contributed by atoms with Crippen LogP contribution in [0.25, 0.3) is 10.2 Å². The summed E-state index contributed by atoms with van der Waals surface area (Å²) in [5, 5.41) is 3.40. The van der Waals surface area contributed by atoms with E-state index in [2.05, 4.69) is 10.3 Å². The number of ether oxygens (including phenoxy) is 1. The maximum absolute atomic E-state index is 13.1. The third kappa shape index (κ3) is 4.15. The third-order valence-corrected chi connectivity index (χ3v) is 6.48. The number of esters is 1. The Bertz CT molecular complexity index is 1400. The van der Waals surface area contributed by atoms with Crippen LogP contribution in [0.15, 0.2) is 59.7 Å². The molecule has 0 unspecified atom stereocenters. The first kappa shape index (κ1) is 21.7. The van der Waals surface area contributed by atoms with Gasteiger partial charge >= 0.3 is 5.97 Å². The van der Waals surface area contributed by atoms with E-state index >= 15 is 0 Å². The second-order valence-corrected chi connectivity index (χ2v) is 8.45. The minimum absolute atomic E-state index is 0.211. The molecule has 32 heavy (non-hydrogen) atoms. The van der Waals surface area contributed by atoms with E-state index in [9.17, 15) is 14.4 Å². The first-order valence-electron chi connectivity index (χ1n) is 9.60. The highest BCUT2D eigenvalue weighted by Crippen LogP contribution is 2.29. The van der Waals surface area contributed by atoms with Crippen LogP contribution in [0, 0.1) is 6.92 Å². The number of fused-ring (bicyclic) bond motifs is 1. The van der Waals surface area contributed by atoms with Crippen molar-refractivity contribution >= 4 is 50.7 Å². The van der Waals surface area contributed by atoms with E-state index in [1.165, 1.54) is 36.2 Å². The van der Waals surface area contributed by atoms with Crippen LogP contribution in [0.3, 0.4) is 0 Å². The number of anilines is 1. The summed E-state index contributed by atoms with van der Waals surface area (Å²) in [6.45, 7) is 2.10. The highest BCUT2D eigenvalue weighted by Gasteiger charge is 2.21. The molecule has 0 bridgehead atoms. The number of thiophene rings is 1. The largest absolute Gasteiger partial charge is 0.465 e. The van der Waals surface area contributed by atoms with Crippen molar-refractivity contribution in [3.63, 3.8) is 0 Å². The Labute approximate surface area is 192 Å².